The molecule has 1 aliphatic heterocycles. The number of aromatic hydroxyl groups is 2. The van der Waals surface area contributed by atoms with Gasteiger partial charge in [-0.15, -0.1) is 0 Å². The number of hydrogen-bond acceptors (Lipinski definition) is 5. The topological polar surface area (TPSA) is 98.0 Å². The maximum Gasteiger partial charge on any atom is 0.191 e. The number of rotatable bonds is 2. The first-order valence-electron chi connectivity index (χ1n) is 10.6. The lowest BCUT2D eigenvalue weighted by Crippen LogP contribution is -2.82. The van der Waals surface area contributed by atoms with Crippen molar-refractivity contribution in [1.82, 2.24) is 0 Å². The molecule has 28 heavy (non-hydrogen) atoms. The molecule has 1 heterocycles. The molecule has 4 aliphatic carbocycles. The van der Waals surface area contributed by atoms with Crippen molar-refractivity contribution in [2.75, 3.05) is 13.6 Å². The van der Waals surface area contributed by atoms with E-state index in [1.165, 1.54) is 12.8 Å². The second-order valence-corrected chi connectivity index (χ2v) is 10.3. The van der Waals surface area contributed by atoms with Gasteiger partial charge in [0.2, 0.25) is 0 Å². The molecular formula is C22H28NO5+. The summed E-state index contributed by atoms with van der Waals surface area (Å²) in [4.78, 5) is 13.0. The van der Waals surface area contributed by atoms with Gasteiger partial charge >= 0.3 is 0 Å². The van der Waals surface area contributed by atoms with Crippen LogP contribution >= 0.6 is 0 Å². The molecule has 1 aromatic carbocycles. The molecular weight excluding hydrogens is 358 g/mol. The molecule has 1 aromatic rings. The van der Waals surface area contributed by atoms with E-state index in [0.29, 0.717) is 48.1 Å². The van der Waals surface area contributed by atoms with Gasteiger partial charge in [-0.25, -0.2) is 0 Å². The lowest BCUT2D eigenvalue weighted by Gasteiger charge is -2.66. The molecule has 0 radical (unpaired) electrons. The molecule has 3 fully saturated rings. The minimum absolute atomic E-state index is 0.108. The van der Waals surface area contributed by atoms with Gasteiger partial charge in [-0.3, -0.25) is 9.28 Å². The van der Waals surface area contributed by atoms with Gasteiger partial charge in [-0.05, 0) is 42.9 Å². The zero-order chi connectivity index (χ0) is 19.6. The van der Waals surface area contributed by atoms with Gasteiger partial charge in [-0.2, -0.15) is 0 Å². The number of piperidine rings is 1. The quantitative estimate of drug-likeness (QED) is 0.451. The van der Waals surface area contributed by atoms with E-state index in [1.807, 2.05) is 0 Å². The largest absolute Gasteiger partial charge is 0.504 e. The Labute approximate surface area is 164 Å². The van der Waals surface area contributed by atoms with E-state index in [0.717, 1.165) is 17.7 Å². The van der Waals surface area contributed by atoms with Crippen molar-refractivity contribution in [3.05, 3.63) is 22.8 Å². The second kappa shape index (κ2) is 4.91. The molecule has 0 amide bonds. The number of likely N-dealkylation sites (N-methyl/N-ethyl adjacent to an activating group) is 1. The average molecular weight is 386 g/mol. The Balaban J connectivity index is 1.64. The summed E-state index contributed by atoms with van der Waals surface area (Å²) in [5.41, 5.74) is 0.468. The second-order valence-electron chi connectivity index (χ2n) is 10.3. The molecule has 1 spiro atoms. The van der Waals surface area contributed by atoms with Crippen molar-refractivity contribution in [3.63, 3.8) is 0 Å². The Morgan fingerprint density at radius 3 is 2.71 bits per heavy atom. The van der Waals surface area contributed by atoms with Crippen LogP contribution in [0.3, 0.4) is 0 Å². The number of ketones is 1. The van der Waals surface area contributed by atoms with Gasteiger partial charge < -0.3 is 20.4 Å². The lowest BCUT2D eigenvalue weighted by atomic mass is 9.47. The number of hydrogen-bond donors (Lipinski definition) is 4. The number of carbonyl (C=O) groups is 1. The summed E-state index contributed by atoms with van der Waals surface area (Å²) in [5, 5.41) is 44.5. The number of aliphatic hydroxyl groups is 2. The lowest BCUT2D eigenvalue weighted by molar-refractivity contribution is -0.992. The van der Waals surface area contributed by atoms with E-state index in [9.17, 15) is 25.2 Å². The van der Waals surface area contributed by atoms with Crippen molar-refractivity contribution in [2.45, 2.75) is 68.2 Å². The first-order valence-corrected chi connectivity index (χ1v) is 10.6. The molecule has 2 saturated carbocycles. The fraction of sp³-hybridized carbons (Fsp3) is 0.682. The zero-order valence-electron chi connectivity index (χ0n) is 16.2. The van der Waals surface area contributed by atoms with Crippen molar-refractivity contribution in [1.29, 1.82) is 0 Å². The normalized spacial score (nSPS) is 45.8. The van der Waals surface area contributed by atoms with E-state index < -0.39 is 23.2 Å². The number of phenols is 2. The third-order valence-electron chi connectivity index (χ3n) is 9.04. The van der Waals surface area contributed by atoms with E-state index in [-0.39, 0.29) is 23.3 Å². The van der Waals surface area contributed by atoms with Crippen LogP contribution in [0.2, 0.25) is 0 Å². The van der Waals surface area contributed by atoms with E-state index in [2.05, 4.69) is 7.05 Å². The van der Waals surface area contributed by atoms with E-state index >= 15 is 0 Å². The van der Waals surface area contributed by atoms with Crippen LogP contribution in [0.15, 0.2) is 6.07 Å². The highest BCUT2D eigenvalue weighted by Gasteiger charge is 2.77. The summed E-state index contributed by atoms with van der Waals surface area (Å²) in [7, 11) is 2.06. The monoisotopic (exact) mass is 386 g/mol. The van der Waals surface area contributed by atoms with Crippen LogP contribution < -0.4 is 0 Å². The van der Waals surface area contributed by atoms with Gasteiger partial charge in [0.25, 0.3) is 0 Å². The highest BCUT2D eigenvalue weighted by atomic mass is 16.3. The highest BCUT2D eigenvalue weighted by Crippen LogP contribution is 2.67. The molecule has 6 atom stereocenters. The number of benzene rings is 1. The summed E-state index contributed by atoms with van der Waals surface area (Å²) >= 11 is 0. The number of likely N-dealkylation sites (tertiary alicyclic amines) is 1. The van der Waals surface area contributed by atoms with Crippen LogP contribution in [0.4, 0.5) is 0 Å². The first kappa shape index (κ1) is 17.2. The van der Waals surface area contributed by atoms with Crippen LogP contribution in [0.1, 0.15) is 48.8 Å². The molecule has 6 heteroatoms. The molecule has 6 rings (SSSR count). The average Bonchev–Trinajstić information content (AvgIpc) is 3.37. The van der Waals surface area contributed by atoms with Crippen LogP contribution in [-0.4, -0.2) is 62.2 Å². The summed E-state index contributed by atoms with van der Waals surface area (Å²) in [6, 6.07) is 1.41. The van der Waals surface area contributed by atoms with Crippen LogP contribution in [-0.2, 0) is 23.1 Å². The SMILES string of the molecule is C[N@+]1(CC2CC2)C(O)C[C@]23c4c5cc(O)c(O)c4C[C@H]2C(=O)CC[C@@]3(O)[C@H]1C5. The molecule has 4 N–H and O–H groups in total. The van der Waals surface area contributed by atoms with E-state index in [1.54, 1.807) is 6.07 Å². The minimum atomic E-state index is -1.07. The molecule has 1 saturated heterocycles. The van der Waals surface area contributed by atoms with E-state index in [4.69, 9.17) is 0 Å². The zero-order valence-corrected chi connectivity index (χ0v) is 16.2. The Kier molecular flexibility index (Phi) is 3.03. The number of nitrogens with zero attached hydrogens (tertiary/aromatic N) is 1. The van der Waals surface area contributed by atoms with Crippen molar-refractivity contribution in [2.24, 2.45) is 11.8 Å². The molecule has 1 unspecified atom stereocenters. The Bertz CT molecular complexity index is 926. The molecule has 0 aromatic heterocycles. The van der Waals surface area contributed by atoms with Crippen LogP contribution in [0.5, 0.6) is 11.5 Å². The number of Topliss-reactive ketones (excluding diaryl/α,β-unsaturated/α-hetero) is 1. The standard InChI is InChI=1S/C22H27NO5/c1-23(10-11-2-3-11)17-7-12-6-16(25)20(27)13-8-14-15(24)4-5-22(17,28)21(14,19(12)13)9-18(23)26/h6,11,14,17-18,26,28H,2-5,7-10H2,1H3,(H-,25,27)/p+1/t14-,17+,18?,21+,22+,23+/m0/s1. The van der Waals surface area contributed by atoms with Gasteiger partial charge in [0, 0.05) is 42.1 Å². The van der Waals surface area contributed by atoms with Gasteiger partial charge in [0.05, 0.1) is 13.6 Å². The number of phenolic OH excluding ortho intramolecular Hbond substituents is 2. The van der Waals surface area contributed by atoms with Crippen molar-refractivity contribution >= 4 is 5.78 Å². The Morgan fingerprint density at radius 2 is 2.00 bits per heavy atom. The number of aliphatic hydroxyl groups excluding tert-OH is 1. The van der Waals surface area contributed by atoms with Crippen molar-refractivity contribution in [3.8, 4) is 11.5 Å². The minimum Gasteiger partial charge on any atom is -0.504 e. The van der Waals surface area contributed by atoms with Gasteiger partial charge in [0.15, 0.2) is 17.7 Å². The molecule has 150 valence electrons. The summed E-state index contributed by atoms with van der Waals surface area (Å²) in [6.07, 6.45) is 3.69. The Hall–Kier alpha value is -1.63. The number of carbonyl (C=O) groups excluding carboxylic acids is 1. The maximum atomic E-state index is 13.0. The predicted molar refractivity (Wildman–Crippen MR) is 99.7 cm³/mol. The first-order chi connectivity index (χ1) is 13.2. The molecule has 5 aliphatic rings. The van der Waals surface area contributed by atoms with Gasteiger partial charge in [0.1, 0.15) is 17.4 Å². The smallest absolute Gasteiger partial charge is 0.191 e. The van der Waals surface area contributed by atoms with Crippen molar-refractivity contribution < 1.29 is 29.7 Å². The maximum absolute atomic E-state index is 13.0. The predicted octanol–water partition coefficient (Wildman–Crippen LogP) is 1.11. The number of quaternary nitrogens is 1. The van der Waals surface area contributed by atoms with Gasteiger partial charge in [-0.1, -0.05) is 0 Å². The summed E-state index contributed by atoms with van der Waals surface area (Å²) < 4.78 is 0.417. The Morgan fingerprint density at radius 1 is 1.25 bits per heavy atom. The molecule has 2 bridgehead atoms. The van der Waals surface area contributed by atoms with Crippen LogP contribution in [0, 0.1) is 11.8 Å². The summed E-state index contributed by atoms with van der Waals surface area (Å²) in [5.74, 6) is -0.0353. The summed E-state index contributed by atoms with van der Waals surface area (Å²) in [6.45, 7) is 0.842. The fourth-order valence-corrected chi connectivity index (χ4v) is 7.63. The highest BCUT2D eigenvalue weighted by molar-refractivity contribution is 5.88. The molecule has 6 nitrogen and oxygen atoms in total. The third kappa shape index (κ3) is 1.70. The fourth-order valence-electron chi connectivity index (χ4n) is 7.63. The third-order valence-corrected chi connectivity index (χ3v) is 9.04. The van der Waals surface area contributed by atoms with Crippen LogP contribution in [0.25, 0.3) is 0 Å².